The molecule has 7 nitrogen and oxygen atoms in total. The SMILES string of the molecule is CCCCCNC(=O)Nc1c(N(C)C)cccc1N(CCCn1cnc(-c2ccccc2)c1C)Cc1ccccc1. The van der Waals surface area contributed by atoms with E-state index in [1.54, 1.807) is 0 Å². The number of nitrogens with zero attached hydrogens (tertiary/aromatic N) is 4. The normalized spacial score (nSPS) is 10.8. The highest BCUT2D eigenvalue weighted by atomic mass is 16.2. The number of para-hydroxylation sites is 1. The number of carbonyl (C=O) groups is 1. The van der Waals surface area contributed by atoms with Gasteiger partial charge in [-0.2, -0.15) is 0 Å². The van der Waals surface area contributed by atoms with Crippen LogP contribution in [0.3, 0.4) is 0 Å². The summed E-state index contributed by atoms with van der Waals surface area (Å²) in [5.41, 5.74) is 7.37. The Bertz CT molecular complexity index is 1370. The zero-order valence-corrected chi connectivity index (χ0v) is 24.9. The maximum atomic E-state index is 13.0. The van der Waals surface area contributed by atoms with E-state index in [1.165, 1.54) is 11.3 Å². The smallest absolute Gasteiger partial charge is 0.319 e. The van der Waals surface area contributed by atoms with Gasteiger partial charge >= 0.3 is 6.03 Å². The van der Waals surface area contributed by atoms with E-state index in [4.69, 9.17) is 4.98 Å². The molecule has 216 valence electrons. The van der Waals surface area contributed by atoms with Crippen LogP contribution in [-0.4, -0.2) is 42.8 Å². The predicted molar refractivity (Wildman–Crippen MR) is 172 cm³/mol. The van der Waals surface area contributed by atoms with Gasteiger partial charge in [0.15, 0.2) is 0 Å². The van der Waals surface area contributed by atoms with E-state index < -0.39 is 0 Å². The van der Waals surface area contributed by atoms with Gasteiger partial charge in [-0.3, -0.25) is 0 Å². The van der Waals surface area contributed by atoms with Gasteiger partial charge in [0.05, 0.1) is 29.1 Å². The number of imidazole rings is 1. The summed E-state index contributed by atoms with van der Waals surface area (Å²) in [5, 5.41) is 6.23. The van der Waals surface area contributed by atoms with Gasteiger partial charge in [-0.05, 0) is 37.5 Å². The average Bonchev–Trinajstić information content (AvgIpc) is 3.35. The summed E-state index contributed by atoms with van der Waals surface area (Å²) in [6, 6.07) is 26.9. The van der Waals surface area contributed by atoms with Crippen LogP contribution in [0.25, 0.3) is 11.3 Å². The molecule has 1 heterocycles. The number of nitrogens with one attached hydrogen (secondary N) is 2. The molecule has 2 N–H and O–H groups in total. The second kappa shape index (κ2) is 14.9. The van der Waals surface area contributed by atoms with Crippen molar-refractivity contribution in [3.63, 3.8) is 0 Å². The van der Waals surface area contributed by atoms with Crippen molar-refractivity contribution in [3.05, 3.63) is 96.4 Å². The van der Waals surface area contributed by atoms with Crippen LogP contribution < -0.4 is 20.4 Å². The largest absolute Gasteiger partial charge is 0.376 e. The minimum absolute atomic E-state index is 0.168. The first-order valence-corrected chi connectivity index (χ1v) is 14.7. The number of anilines is 3. The molecular weight excluding hydrogens is 508 g/mol. The Balaban J connectivity index is 1.56. The summed E-state index contributed by atoms with van der Waals surface area (Å²) in [6.07, 6.45) is 6.08. The van der Waals surface area contributed by atoms with Crippen molar-refractivity contribution < 1.29 is 4.79 Å². The highest BCUT2D eigenvalue weighted by Crippen LogP contribution is 2.36. The van der Waals surface area contributed by atoms with Crippen LogP contribution in [0.1, 0.15) is 43.9 Å². The fourth-order valence-electron chi connectivity index (χ4n) is 5.10. The number of hydrogen-bond donors (Lipinski definition) is 2. The van der Waals surface area contributed by atoms with Crippen molar-refractivity contribution in [3.8, 4) is 11.3 Å². The standard InChI is InChI=1S/C34H44N6O/c1-5-6-13-22-35-34(41)37-33-30(38(3)4)20-14-21-31(33)39(25-28-16-9-7-10-17-28)23-15-24-40-26-36-32(27(40)2)29-18-11-8-12-19-29/h7-12,14,16-21,26H,5-6,13,15,22-25H2,1-4H3,(H2,35,37,41). The van der Waals surface area contributed by atoms with Crippen LogP contribution in [0.5, 0.6) is 0 Å². The van der Waals surface area contributed by atoms with E-state index >= 15 is 0 Å². The summed E-state index contributed by atoms with van der Waals surface area (Å²) in [7, 11) is 4.02. The number of rotatable bonds is 14. The number of hydrogen-bond acceptors (Lipinski definition) is 4. The maximum absolute atomic E-state index is 13.0. The van der Waals surface area contributed by atoms with Gasteiger partial charge in [-0.15, -0.1) is 0 Å². The minimum atomic E-state index is -0.168. The molecular formula is C34H44N6O. The Morgan fingerprint density at radius 3 is 2.29 bits per heavy atom. The van der Waals surface area contributed by atoms with Crippen molar-refractivity contribution in [2.75, 3.05) is 42.3 Å². The van der Waals surface area contributed by atoms with E-state index in [0.29, 0.717) is 6.54 Å². The lowest BCUT2D eigenvalue weighted by molar-refractivity contribution is 0.252. The van der Waals surface area contributed by atoms with E-state index in [0.717, 1.165) is 73.6 Å². The van der Waals surface area contributed by atoms with Gasteiger partial charge in [0, 0.05) is 51.5 Å². The minimum Gasteiger partial charge on any atom is -0.376 e. The van der Waals surface area contributed by atoms with Crippen LogP contribution >= 0.6 is 0 Å². The Morgan fingerprint density at radius 1 is 0.878 bits per heavy atom. The Labute approximate surface area is 245 Å². The van der Waals surface area contributed by atoms with Gasteiger partial charge in [0.25, 0.3) is 0 Å². The van der Waals surface area contributed by atoms with E-state index in [9.17, 15) is 4.79 Å². The van der Waals surface area contributed by atoms with Gasteiger partial charge in [-0.25, -0.2) is 9.78 Å². The molecule has 0 saturated carbocycles. The summed E-state index contributed by atoms with van der Waals surface area (Å²) in [6.45, 7) is 7.38. The number of aromatic nitrogens is 2. The molecule has 0 saturated heterocycles. The Kier molecular flexibility index (Phi) is 10.8. The van der Waals surface area contributed by atoms with Crippen molar-refractivity contribution in [1.29, 1.82) is 0 Å². The number of carbonyl (C=O) groups excluding carboxylic acids is 1. The summed E-state index contributed by atoms with van der Waals surface area (Å²) in [5.74, 6) is 0. The van der Waals surface area contributed by atoms with Gasteiger partial charge in [0.2, 0.25) is 0 Å². The molecule has 0 radical (unpaired) electrons. The first-order valence-electron chi connectivity index (χ1n) is 14.7. The highest BCUT2D eigenvalue weighted by molar-refractivity contribution is 5.98. The molecule has 3 aromatic carbocycles. The molecule has 0 unspecified atom stereocenters. The summed E-state index contributed by atoms with van der Waals surface area (Å²) < 4.78 is 2.24. The van der Waals surface area contributed by atoms with Crippen molar-refractivity contribution in [2.24, 2.45) is 0 Å². The third kappa shape index (κ3) is 8.13. The van der Waals surface area contributed by atoms with E-state index in [-0.39, 0.29) is 6.03 Å². The zero-order valence-electron chi connectivity index (χ0n) is 24.9. The zero-order chi connectivity index (χ0) is 29.0. The second-order valence-electron chi connectivity index (χ2n) is 10.7. The molecule has 4 aromatic rings. The van der Waals surface area contributed by atoms with Gasteiger partial charge < -0.3 is 25.0 Å². The van der Waals surface area contributed by atoms with Crippen LogP contribution in [0.15, 0.2) is 85.2 Å². The van der Waals surface area contributed by atoms with E-state index in [2.05, 4.69) is 93.4 Å². The number of urea groups is 1. The topological polar surface area (TPSA) is 65.4 Å². The van der Waals surface area contributed by atoms with Gasteiger partial charge in [-0.1, -0.05) is 86.5 Å². The first-order chi connectivity index (χ1) is 20.0. The van der Waals surface area contributed by atoms with Crippen LogP contribution in [0.4, 0.5) is 21.9 Å². The quantitative estimate of drug-likeness (QED) is 0.161. The molecule has 2 amide bonds. The number of unbranched alkanes of at least 4 members (excludes halogenated alkanes) is 2. The number of amides is 2. The number of benzene rings is 3. The lowest BCUT2D eigenvalue weighted by Gasteiger charge is -2.30. The molecule has 0 aliphatic rings. The predicted octanol–water partition coefficient (Wildman–Crippen LogP) is 7.33. The fourth-order valence-corrected chi connectivity index (χ4v) is 5.10. The molecule has 0 fully saturated rings. The van der Waals surface area contributed by atoms with Crippen molar-refractivity contribution >= 4 is 23.1 Å². The average molecular weight is 553 g/mol. The molecule has 0 bridgehead atoms. The van der Waals surface area contributed by atoms with Gasteiger partial charge in [0.1, 0.15) is 0 Å². The molecule has 41 heavy (non-hydrogen) atoms. The van der Waals surface area contributed by atoms with E-state index in [1.807, 2.05) is 44.7 Å². The molecule has 0 spiro atoms. The fraction of sp³-hybridized carbons (Fsp3) is 0.353. The Hall–Kier alpha value is -4.26. The van der Waals surface area contributed by atoms with Crippen LogP contribution in [0, 0.1) is 6.92 Å². The second-order valence-corrected chi connectivity index (χ2v) is 10.7. The number of aryl methyl sites for hydroxylation is 1. The Morgan fingerprint density at radius 2 is 1.59 bits per heavy atom. The van der Waals surface area contributed by atoms with Crippen molar-refractivity contribution in [1.82, 2.24) is 14.9 Å². The maximum Gasteiger partial charge on any atom is 0.319 e. The first kappa shape index (κ1) is 29.7. The third-order valence-corrected chi connectivity index (χ3v) is 7.34. The third-order valence-electron chi connectivity index (χ3n) is 7.34. The molecule has 4 rings (SSSR count). The molecule has 7 heteroatoms. The molecule has 0 atom stereocenters. The summed E-state index contributed by atoms with van der Waals surface area (Å²) >= 11 is 0. The summed E-state index contributed by atoms with van der Waals surface area (Å²) in [4.78, 5) is 22.1. The highest BCUT2D eigenvalue weighted by Gasteiger charge is 2.19. The van der Waals surface area contributed by atoms with Crippen molar-refractivity contribution in [2.45, 2.75) is 52.6 Å². The lowest BCUT2D eigenvalue weighted by atomic mass is 10.1. The monoisotopic (exact) mass is 552 g/mol. The lowest BCUT2D eigenvalue weighted by Crippen LogP contribution is -2.32. The van der Waals surface area contributed by atoms with Crippen LogP contribution in [-0.2, 0) is 13.1 Å². The molecule has 0 aliphatic carbocycles. The molecule has 1 aromatic heterocycles. The molecule has 0 aliphatic heterocycles. The van der Waals surface area contributed by atoms with Crippen LogP contribution in [0.2, 0.25) is 0 Å².